The van der Waals surface area contributed by atoms with Gasteiger partial charge in [0.1, 0.15) is 12.0 Å². The second-order valence-corrected chi connectivity index (χ2v) is 8.42. The predicted molar refractivity (Wildman–Crippen MR) is 143 cm³/mol. The fourth-order valence-corrected chi connectivity index (χ4v) is 3.78. The van der Waals surface area contributed by atoms with Crippen molar-refractivity contribution in [2.24, 2.45) is 0 Å². The molecule has 0 bridgehead atoms. The minimum Gasteiger partial charge on any atom is -0.494 e. The maximum Gasteiger partial charge on any atom is 0.150 e. The van der Waals surface area contributed by atoms with Crippen LogP contribution in [-0.4, -0.2) is 20.0 Å². The van der Waals surface area contributed by atoms with E-state index in [0.29, 0.717) is 5.56 Å². The summed E-state index contributed by atoms with van der Waals surface area (Å²) in [6.07, 6.45) is 9.82. The van der Waals surface area contributed by atoms with Gasteiger partial charge in [-0.2, -0.15) is 0 Å². The van der Waals surface area contributed by atoms with Crippen LogP contribution in [0.4, 0.5) is 0 Å². The summed E-state index contributed by atoms with van der Waals surface area (Å²) in [5, 5.41) is 0. The van der Waals surface area contributed by atoms with Crippen molar-refractivity contribution >= 4 is 6.29 Å². The summed E-state index contributed by atoms with van der Waals surface area (Å²) in [5.41, 5.74) is 4.21. The monoisotopic (exact) mass is 460 g/mol. The zero-order valence-electron chi connectivity index (χ0n) is 21.0. The first-order chi connectivity index (χ1) is 16.7. The van der Waals surface area contributed by atoms with E-state index in [9.17, 15) is 4.79 Å². The molecule has 3 rings (SSSR count). The Hall–Kier alpha value is -2.91. The molecule has 0 spiro atoms. The van der Waals surface area contributed by atoms with Gasteiger partial charge in [-0.3, -0.25) is 4.79 Å². The van der Waals surface area contributed by atoms with Crippen molar-refractivity contribution < 1.29 is 14.3 Å². The number of methoxy groups -OCH3 is 1. The lowest BCUT2D eigenvalue weighted by Crippen LogP contribution is -1.98. The number of hydrogen-bond donors (Lipinski definition) is 0. The van der Waals surface area contributed by atoms with Crippen LogP contribution in [0.15, 0.2) is 78.9 Å². The van der Waals surface area contributed by atoms with Crippen molar-refractivity contribution in [3.63, 3.8) is 0 Å². The number of benzene rings is 3. The minimum absolute atomic E-state index is 0.260. The zero-order valence-corrected chi connectivity index (χ0v) is 21.0. The lowest BCUT2D eigenvalue weighted by molar-refractivity contribution is 0.100. The third-order valence-corrected chi connectivity index (χ3v) is 5.83. The lowest BCUT2D eigenvalue weighted by Gasteiger charge is -2.12. The number of carbonyl (C=O) groups is 1. The molecule has 1 atom stereocenters. The molecule has 3 aromatic carbocycles. The molecular formula is C31H40O3. The third kappa shape index (κ3) is 9.93. The second-order valence-electron chi connectivity index (χ2n) is 8.42. The number of carbonyl (C=O) groups excluding carboxylic acids is 1. The fourth-order valence-electron chi connectivity index (χ4n) is 3.78. The summed E-state index contributed by atoms with van der Waals surface area (Å²) in [7, 11) is 1.75. The van der Waals surface area contributed by atoms with E-state index in [1.165, 1.54) is 37.7 Å². The summed E-state index contributed by atoms with van der Waals surface area (Å²) in [4.78, 5) is 10.7. The van der Waals surface area contributed by atoms with E-state index in [2.05, 4.69) is 38.1 Å². The van der Waals surface area contributed by atoms with Gasteiger partial charge in [-0.1, -0.05) is 113 Å². The van der Waals surface area contributed by atoms with Crippen LogP contribution >= 0.6 is 0 Å². The van der Waals surface area contributed by atoms with Crippen LogP contribution in [-0.2, 0) is 4.74 Å². The molecule has 3 aromatic rings. The van der Waals surface area contributed by atoms with Gasteiger partial charge in [0.2, 0.25) is 0 Å². The van der Waals surface area contributed by atoms with Crippen LogP contribution < -0.4 is 4.74 Å². The average Bonchev–Trinajstić information content (AvgIpc) is 2.90. The number of unbranched alkanes of at least 4 members (excludes halogenated alkanes) is 5. The van der Waals surface area contributed by atoms with Crippen molar-refractivity contribution in [3.05, 3.63) is 90.0 Å². The number of ether oxygens (including phenoxy) is 2. The van der Waals surface area contributed by atoms with Crippen molar-refractivity contribution in [3.8, 4) is 16.9 Å². The molecular weight excluding hydrogens is 420 g/mol. The van der Waals surface area contributed by atoms with Crippen LogP contribution in [0.3, 0.4) is 0 Å². The number of rotatable bonds is 13. The quantitative estimate of drug-likeness (QED) is 0.189. The Kier molecular flexibility index (Phi) is 13.4. The van der Waals surface area contributed by atoms with Gasteiger partial charge in [0, 0.05) is 12.7 Å². The summed E-state index contributed by atoms with van der Waals surface area (Å²) >= 11 is 0. The lowest BCUT2D eigenvalue weighted by atomic mass is 10.0. The van der Waals surface area contributed by atoms with Crippen LogP contribution in [0, 0.1) is 0 Å². The maximum atomic E-state index is 10.7. The van der Waals surface area contributed by atoms with Gasteiger partial charge in [0.05, 0.1) is 12.7 Å². The van der Waals surface area contributed by atoms with E-state index in [-0.39, 0.29) is 6.10 Å². The van der Waals surface area contributed by atoms with Crippen molar-refractivity contribution in [1.82, 2.24) is 0 Å². The van der Waals surface area contributed by atoms with Gasteiger partial charge in [-0.25, -0.2) is 0 Å². The molecule has 182 valence electrons. The van der Waals surface area contributed by atoms with Gasteiger partial charge >= 0.3 is 0 Å². The molecule has 0 N–H and O–H groups in total. The van der Waals surface area contributed by atoms with E-state index in [0.717, 1.165) is 42.6 Å². The molecule has 0 fully saturated rings. The Labute approximate surface area is 206 Å². The van der Waals surface area contributed by atoms with E-state index in [1.807, 2.05) is 54.6 Å². The first-order valence-electron chi connectivity index (χ1n) is 12.6. The van der Waals surface area contributed by atoms with Gasteiger partial charge in [-0.15, -0.1) is 0 Å². The average molecular weight is 461 g/mol. The van der Waals surface area contributed by atoms with Gasteiger partial charge in [0.15, 0.2) is 0 Å². The van der Waals surface area contributed by atoms with E-state index >= 15 is 0 Å². The zero-order chi connectivity index (χ0) is 24.4. The predicted octanol–water partition coefficient (Wildman–Crippen LogP) is 8.69. The van der Waals surface area contributed by atoms with E-state index in [1.54, 1.807) is 7.11 Å². The Bertz CT molecular complexity index is 898. The summed E-state index contributed by atoms with van der Waals surface area (Å²) < 4.78 is 11.1. The molecule has 3 nitrogen and oxygen atoms in total. The van der Waals surface area contributed by atoms with Crippen molar-refractivity contribution in [2.75, 3.05) is 13.7 Å². The highest BCUT2D eigenvalue weighted by Gasteiger charge is 2.05. The molecule has 0 aliphatic carbocycles. The molecule has 0 aliphatic rings. The molecule has 0 aromatic heterocycles. The second kappa shape index (κ2) is 16.7. The molecule has 0 radical (unpaired) electrons. The molecule has 0 amide bonds. The number of hydrogen-bond acceptors (Lipinski definition) is 3. The maximum absolute atomic E-state index is 10.7. The van der Waals surface area contributed by atoms with Crippen LogP contribution in [0.25, 0.3) is 11.1 Å². The topological polar surface area (TPSA) is 35.5 Å². The smallest absolute Gasteiger partial charge is 0.150 e. The molecule has 1 unspecified atom stereocenters. The summed E-state index contributed by atoms with van der Waals surface area (Å²) in [6.45, 7) is 5.16. The van der Waals surface area contributed by atoms with Crippen molar-refractivity contribution in [1.29, 1.82) is 0 Å². The van der Waals surface area contributed by atoms with E-state index in [4.69, 9.17) is 9.47 Å². The van der Waals surface area contributed by atoms with Gasteiger partial charge in [-0.05, 0) is 41.7 Å². The third-order valence-electron chi connectivity index (χ3n) is 5.83. The SMILES string of the molecule is CCC(OC)c1ccccc1.CCCCCCCCOc1ccc(-c2ccc(C=O)cc2)cc1. The van der Waals surface area contributed by atoms with Crippen LogP contribution in [0.1, 0.15) is 80.8 Å². The molecule has 34 heavy (non-hydrogen) atoms. The fraction of sp³-hybridized carbons (Fsp3) is 0.387. The Morgan fingerprint density at radius 1 is 0.735 bits per heavy atom. The largest absolute Gasteiger partial charge is 0.494 e. The summed E-state index contributed by atoms with van der Waals surface area (Å²) in [6, 6.07) is 26.1. The molecule has 0 saturated heterocycles. The van der Waals surface area contributed by atoms with Gasteiger partial charge in [0.25, 0.3) is 0 Å². The minimum atomic E-state index is 0.260. The molecule has 0 heterocycles. The van der Waals surface area contributed by atoms with Crippen molar-refractivity contribution in [2.45, 2.75) is 64.9 Å². The highest BCUT2D eigenvalue weighted by Crippen LogP contribution is 2.23. The first-order valence-corrected chi connectivity index (χ1v) is 12.6. The Morgan fingerprint density at radius 2 is 1.32 bits per heavy atom. The first kappa shape index (κ1) is 27.3. The van der Waals surface area contributed by atoms with Crippen LogP contribution in [0.5, 0.6) is 5.75 Å². The summed E-state index contributed by atoms with van der Waals surface area (Å²) in [5.74, 6) is 0.923. The molecule has 0 saturated carbocycles. The highest BCUT2D eigenvalue weighted by atomic mass is 16.5. The van der Waals surface area contributed by atoms with Crippen LogP contribution in [0.2, 0.25) is 0 Å². The molecule has 3 heteroatoms. The Balaban J connectivity index is 0.000000310. The van der Waals surface area contributed by atoms with E-state index < -0.39 is 0 Å². The number of aldehydes is 1. The normalized spacial score (nSPS) is 11.3. The molecule has 0 aliphatic heterocycles. The highest BCUT2D eigenvalue weighted by molar-refractivity contribution is 5.77. The standard InChI is InChI=1S/C21H26O2.C10H14O/c1-2-3-4-5-6-7-16-23-21-14-12-20(13-15-21)19-10-8-18(17-22)9-11-19;1-3-10(11-2)9-7-5-4-6-8-9/h8-15,17H,2-7,16H2,1H3;4-8,10H,3H2,1-2H3. The van der Waals surface area contributed by atoms with Gasteiger partial charge < -0.3 is 9.47 Å². The Morgan fingerprint density at radius 3 is 1.88 bits per heavy atom.